The smallest absolute Gasteiger partial charge is 0.224 e. The molecule has 178 valence electrons. The van der Waals surface area contributed by atoms with Crippen LogP contribution in [0.5, 0.6) is 0 Å². The second-order valence-electron chi connectivity index (χ2n) is 9.91. The summed E-state index contributed by atoms with van der Waals surface area (Å²) in [5.74, 6) is 0.905. The molecule has 4 aromatic rings. The van der Waals surface area contributed by atoms with Gasteiger partial charge in [-0.15, -0.1) is 0 Å². The van der Waals surface area contributed by atoms with Crippen LogP contribution in [-0.4, -0.2) is 61.8 Å². The topological polar surface area (TPSA) is 74.7 Å². The zero-order valence-corrected chi connectivity index (χ0v) is 19.5. The van der Waals surface area contributed by atoms with Crippen LogP contribution >= 0.6 is 0 Å². The van der Waals surface area contributed by atoms with E-state index in [-0.39, 0.29) is 12.4 Å². The molecule has 34 heavy (non-hydrogen) atoms. The molecule has 2 aliphatic rings. The predicted octanol–water partition coefficient (Wildman–Crippen LogP) is 4.99. The van der Waals surface area contributed by atoms with E-state index in [9.17, 15) is 4.39 Å². The van der Waals surface area contributed by atoms with Crippen LogP contribution in [0.4, 0.5) is 14.7 Å². The molecule has 0 amide bonds. The third-order valence-corrected chi connectivity index (χ3v) is 7.53. The number of likely N-dealkylation sites (tertiary alicyclic amines) is 1. The molecule has 1 saturated heterocycles. The van der Waals surface area contributed by atoms with Crippen molar-refractivity contribution in [1.82, 2.24) is 29.4 Å². The van der Waals surface area contributed by atoms with E-state index in [1.165, 1.54) is 6.07 Å². The minimum Gasteiger partial charge on any atom is -0.351 e. The number of halogens is 2. The van der Waals surface area contributed by atoms with Gasteiger partial charge in [0.25, 0.3) is 0 Å². The molecule has 9 heteroatoms. The lowest BCUT2D eigenvalue weighted by Crippen LogP contribution is -2.39. The Morgan fingerprint density at radius 1 is 1.21 bits per heavy atom. The number of nitrogens with zero attached hydrogens (tertiary/aromatic N) is 5. The van der Waals surface area contributed by atoms with E-state index in [4.69, 9.17) is 0 Å². The fourth-order valence-electron chi connectivity index (χ4n) is 5.34. The quantitative estimate of drug-likeness (QED) is 0.434. The second kappa shape index (κ2) is 8.01. The number of aromatic nitrogens is 5. The minimum absolute atomic E-state index is 0.217. The van der Waals surface area contributed by atoms with E-state index in [0.717, 1.165) is 60.2 Å². The number of anilines is 1. The van der Waals surface area contributed by atoms with Gasteiger partial charge in [-0.1, -0.05) is 0 Å². The first-order valence-corrected chi connectivity index (χ1v) is 12.0. The fourth-order valence-corrected chi connectivity index (χ4v) is 5.34. The molecule has 0 spiro atoms. The highest BCUT2D eigenvalue weighted by Gasteiger charge is 2.36. The lowest BCUT2D eigenvalue weighted by molar-refractivity contribution is 0.0782. The summed E-state index contributed by atoms with van der Waals surface area (Å²) < 4.78 is 31.7. The molecule has 1 aliphatic heterocycles. The van der Waals surface area contributed by atoms with E-state index >= 15 is 4.39 Å². The maximum Gasteiger partial charge on any atom is 0.224 e. The number of H-pyrrole nitrogens is 1. The number of hydrogen-bond acceptors (Lipinski definition) is 5. The van der Waals surface area contributed by atoms with Crippen molar-refractivity contribution in [2.24, 2.45) is 0 Å². The van der Waals surface area contributed by atoms with Crippen molar-refractivity contribution in [3.05, 3.63) is 36.2 Å². The minimum atomic E-state index is -1.15. The van der Waals surface area contributed by atoms with Crippen molar-refractivity contribution < 1.29 is 8.78 Å². The summed E-state index contributed by atoms with van der Waals surface area (Å²) in [6.45, 7) is 4.21. The standard InChI is InChI=1S/C25H29F2N7/c1-15-31-22-20(26)10-16(11-21(22)34(15)17-4-8-33(2)9-5-17)18-12-28-23-19(18)13-29-24(32-23)30-14-25(27)6-3-7-25/h10-13,17H,3-9,14H2,1-2H3,(H2,28,29,30,32). The average molecular weight is 466 g/mol. The van der Waals surface area contributed by atoms with Gasteiger partial charge in [0.1, 0.15) is 22.7 Å². The summed E-state index contributed by atoms with van der Waals surface area (Å²) in [5.41, 5.74) is 2.31. The summed E-state index contributed by atoms with van der Waals surface area (Å²) in [5, 5.41) is 3.82. The van der Waals surface area contributed by atoms with Gasteiger partial charge in [0.2, 0.25) is 5.95 Å². The van der Waals surface area contributed by atoms with Crippen LogP contribution in [0.25, 0.3) is 33.2 Å². The highest BCUT2D eigenvalue weighted by atomic mass is 19.1. The van der Waals surface area contributed by atoms with E-state index in [1.807, 2.05) is 19.2 Å². The highest BCUT2D eigenvalue weighted by molar-refractivity contribution is 5.96. The summed E-state index contributed by atoms with van der Waals surface area (Å²) in [6.07, 6.45) is 7.67. The summed E-state index contributed by atoms with van der Waals surface area (Å²) in [4.78, 5) is 19.0. The van der Waals surface area contributed by atoms with Gasteiger partial charge in [-0.3, -0.25) is 0 Å². The Morgan fingerprint density at radius 3 is 2.74 bits per heavy atom. The molecular formula is C25H29F2N7. The highest BCUT2D eigenvalue weighted by Crippen LogP contribution is 2.37. The predicted molar refractivity (Wildman–Crippen MR) is 129 cm³/mol. The molecule has 1 saturated carbocycles. The van der Waals surface area contributed by atoms with E-state index in [2.05, 4.69) is 41.8 Å². The first-order valence-electron chi connectivity index (χ1n) is 12.0. The Balaban J connectivity index is 1.35. The van der Waals surface area contributed by atoms with Crippen LogP contribution < -0.4 is 5.32 Å². The zero-order valence-electron chi connectivity index (χ0n) is 19.5. The van der Waals surface area contributed by atoms with Gasteiger partial charge < -0.3 is 19.8 Å². The number of piperidine rings is 1. The Morgan fingerprint density at radius 2 is 2.00 bits per heavy atom. The van der Waals surface area contributed by atoms with Gasteiger partial charge in [-0.05, 0) is 76.9 Å². The molecule has 0 atom stereocenters. The molecule has 2 fully saturated rings. The number of rotatable bonds is 5. The molecular weight excluding hydrogens is 436 g/mol. The number of nitrogens with one attached hydrogen (secondary N) is 2. The molecule has 3 aromatic heterocycles. The van der Waals surface area contributed by atoms with Crippen molar-refractivity contribution in [2.75, 3.05) is 32.0 Å². The molecule has 4 heterocycles. The third-order valence-electron chi connectivity index (χ3n) is 7.53. The average Bonchev–Trinajstić information content (AvgIpc) is 3.37. The molecule has 0 bridgehead atoms. The van der Waals surface area contributed by atoms with Gasteiger partial charge >= 0.3 is 0 Å². The van der Waals surface area contributed by atoms with Gasteiger partial charge in [0.05, 0.1) is 12.1 Å². The van der Waals surface area contributed by atoms with Crippen molar-refractivity contribution in [3.8, 4) is 11.1 Å². The van der Waals surface area contributed by atoms with Crippen LogP contribution in [-0.2, 0) is 0 Å². The monoisotopic (exact) mass is 465 g/mol. The Hall–Kier alpha value is -3.07. The number of imidazole rings is 1. The Kier molecular flexibility index (Phi) is 5.05. The van der Waals surface area contributed by atoms with Crippen LogP contribution in [0.3, 0.4) is 0 Å². The number of benzene rings is 1. The lowest BCUT2D eigenvalue weighted by Gasteiger charge is -2.33. The molecule has 2 N–H and O–H groups in total. The van der Waals surface area contributed by atoms with Crippen LogP contribution in [0.2, 0.25) is 0 Å². The molecule has 7 nitrogen and oxygen atoms in total. The largest absolute Gasteiger partial charge is 0.351 e. The van der Waals surface area contributed by atoms with Crippen molar-refractivity contribution in [3.63, 3.8) is 0 Å². The van der Waals surface area contributed by atoms with E-state index in [0.29, 0.717) is 36.0 Å². The lowest BCUT2D eigenvalue weighted by atomic mass is 9.82. The number of aryl methyl sites for hydroxylation is 1. The van der Waals surface area contributed by atoms with Crippen molar-refractivity contribution in [2.45, 2.75) is 50.7 Å². The number of alkyl halides is 1. The van der Waals surface area contributed by atoms with Gasteiger partial charge in [0, 0.05) is 29.4 Å². The van der Waals surface area contributed by atoms with Gasteiger partial charge in [-0.25, -0.2) is 18.7 Å². The van der Waals surface area contributed by atoms with Crippen molar-refractivity contribution in [1.29, 1.82) is 0 Å². The number of hydrogen-bond donors (Lipinski definition) is 2. The SMILES string of the molecule is Cc1nc2c(F)cc(-c3c[nH]c4nc(NCC5(F)CCC5)ncc34)cc2n1C1CCN(C)CC1. The molecule has 0 radical (unpaired) electrons. The van der Waals surface area contributed by atoms with E-state index in [1.54, 1.807) is 6.20 Å². The van der Waals surface area contributed by atoms with Crippen LogP contribution in [0.1, 0.15) is 44.0 Å². The first-order chi connectivity index (χ1) is 16.4. The summed E-state index contributed by atoms with van der Waals surface area (Å²) in [7, 11) is 2.13. The number of aromatic amines is 1. The van der Waals surface area contributed by atoms with Gasteiger partial charge in [-0.2, -0.15) is 4.98 Å². The van der Waals surface area contributed by atoms with Crippen LogP contribution in [0, 0.1) is 12.7 Å². The Labute approximate surface area is 196 Å². The zero-order chi connectivity index (χ0) is 23.4. The second-order valence-corrected chi connectivity index (χ2v) is 9.91. The first kappa shape index (κ1) is 21.5. The Bertz CT molecular complexity index is 1360. The maximum absolute atomic E-state index is 15.2. The molecule has 6 rings (SSSR count). The number of fused-ring (bicyclic) bond motifs is 2. The van der Waals surface area contributed by atoms with Crippen molar-refractivity contribution >= 4 is 28.0 Å². The molecule has 0 unspecified atom stereocenters. The summed E-state index contributed by atoms with van der Waals surface area (Å²) in [6, 6.07) is 3.87. The van der Waals surface area contributed by atoms with Gasteiger partial charge in [0.15, 0.2) is 5.82 Å². The molecule has 1 aliphatic carbocycles. The third kappa shape index (κ3) is 3.62. The van der Waals surface area contributed by atoms with Crippen LogP contribution in [0.15, 0.2) is 24.5 Å². The normalized spacial score (nSPS) is 19.1. The molecule has 1 aromatic carbocycles. The maximum atomic E-state index is 15.2. The van der Waals surface area contributed by atoms with E-state index < -0.39 is 5.67 Å². The summed E-state index contributed by atoms with van der Waals surface area (Å²) >= 11 is 0. The fraction of sp³-hybridized carbons (Fsp3) is 0.480.